The monoisotopic (exact) mass is 245 g/mol. The molecule has 0 saturated carbocycles. The van der Waals surface area contributed by atoms with Crippen molar-refractivity contribution in [1.82, 2.24) is 5.32 Å². The van der Waals surface area contributed by atoms with Crippen LogP contribution in [0.1, 0.15) is 12.8 Å². The third-order valence-corrected chi connectivity index (χ3v) is 2.71. The summed E-state index contributed by atoms with van der Waals surface area (Å²) in [6.45, 7) is 2.68. The van der Waals surface area contributed by atoms with Crippen molar-refractivity contribution in [3.05, 3.63) is 30.1 Å². The molecule has 2 nitrogen and oxygen atoms in total. The van der Waals surface area contributed by atoms with Gasteiger partial charge in [-0.05, 0) is 31.5 Å². The molecule has 0 aromatic heterocycles. The zero-order valence-electron chi connectivity index (χ0n) is 9.12. The number of benzene rings is 1. The van der Waals surface area contributed by atoms with Gasteiger partial charge in [0.25, 0.3) is 0 Å². The van der Waals surface area contributed by atoms with E-state index in [-0.39, 0.29) is 18.2 Å². The van der Waals surface area contributed by atoms with E-state index in [2.05, 4.69) is 5.32 Å². The van der Waals surface area contributed by atoms with Crippen LogP contribution in [0.2, 0.25) is 0 Å². The highest BCUT2D eigenvalue weighted by Crippen LogP contribution is 2.18. The van der Waals surface area contributed by atoms with Gasteiger partial charge >= 0.3 is 0 Å². The van der Waals surface area contributed by atoms with E-state index in [1.165, 1.54) is 18.9 Å². The van der Waals surface area contributed by atoms with Gasteiger partial charge in [-0.1, -0.05) is 12.1 Å². The molecule has 1 unspecified atom stereocenters. The first-order valence-electron chi connectivity index (χ1n) is 5.44. The Kier molecular flexibility index (Phi) is 5.56. The molecule has 0 radical (unpaired) electrons. The largest absolute Gasteiger partial charge is 0.490 e. The SMILES string of the molecule is Cl.Fc1ccccc1OCC1CCCNC1. The highest BCUT2D eigenvalue weighted by atomic mass is 35.5. The van der Waals surface area contributed by atoms with Gasteiger partial charge in [0.15, 0.2) is 11.6 Å². The van der Waals surface area contributed by atoms with Crippen molar-refractivity contribution in [2.45, 2.75) is 12.8 Å². The number of ether oxygens (including phenoxy) is 1. The van der Waals surface area contributed by atoms with Gasteiger partial charge in [-0.2, -0.15) is 0 Å². The predicted octanol–water partition coefficient (Wildman–Crippen LogP) is 2.63. The molecule has 1 atom stereocenters. The van der Waals surface area contributed by atoms with E-state index in [1.807, 2.05) is 0 Å². The molecule has 1 fully saturated rings. The molecule has 16 heavy (non-hydrogen) atoms. The van der Waals surface area contributed by atoms with Crippen LogP contribution in [0.5, 0.6) is 5.75 Å². The van der Waals surface area contributed by atoms with E-state index < -0.39 is 0 Å². The first-order valence-corrected chi connectivity index (χ1v) is 5.44. The van der Waals surface area contributed by atoms with Crippen LogP contribution in [0.4, 0.5) is 4.39 Å². The van der Waals surface area contributed by atoms with Crippen LogP contribution in [0.25, 0.3) is 0 Å². The van der Waals surface area contributed by atoms with Gasteiger partial charge < -0.3 is 10.1 Å². The average molecular weight is 246 g/mol. The van der Waals surface area contributed by atoms with Crippen molar-refractivity contribution < 1.29 is 9.13 Å². The maximum atomic E-state index is 13.2. The first-order chi connectivity index (χ1) is 7.36. The fourth-order valence-corrected chi connectivity index (χ4v) is 1.84. The second-order valence-corrected chi connectivity index (χ2v) is 3.95. The van der Waals surface area contributed by atoms with Gasteiger partial charge in [0.1, 0.15) is 0 Å². The normalized spacial score (nSPS) is 19.9. The Labute approximate surface area is 102 Å². The molecular formula is C12H17ClFNO. The van der Waals surface area contributed by atoms with Crippen molar-refractivity contribution in [3.63, 3.8) is 0 Å². The maximum Gasteiger partial charge on any atom is 0.165 e. The van der Waals surface area contributed by atoms with Crippen LogP contribution in [0, 0.1) is 11.7 Å². The van der Waals surface area contributed by atoms with Crippen molar-refractivity contribution in [2.24, 2.45) is 5.92 Å². The number of piperidine rings is 1. The predicted molar refractivity (Wildman–Crippen MR) is 64.7 cm³/mol. The first kappa shape index (κ1) is 13.3. The van der Waals surface area contributed by atoms with Crippen molar-refractivity contribution in [1.29, 1.82) is 0 Å². The summed E-state index contributed by atoms with van der Waals surface area (Å²) in [5, 5.41) is 3.31. The van der Waals surface area contributed by atoms with E-state index in [1.54, 1.807) is 18.2 Å². The lowest BCUT2D eigenvalue weighted by atomic mass is 10.0. The zero-order valence-corrected chi connectivity index (χ0v) is 9.93. The summed E-state index contributed by atoms with van der Waals surface area (Å²) in [6.07, 6.45) is 2.35. The fourth-order valence-electron chi connectivity index (χ4n) is 1.84. The minimum Gasteiger partial charge on any atom is -0.490 e. The van der Waals surface area contributed by atoms with E-state index >= 15 is 0 Å². The van der Waals surface area contributed by atoms with Gasteiger partial charge in [-0.25, -0.2) is 4.39 Å². The summed E-state index contributed by atoms with van der Waals surface area (Å²) in [5.41, 5.74) is 0. The van der Waals surface area contributed by atoms with Gasteiger partial charge in [0.2, 0.25) is 0 Å². The van der Waals surface area contributed by atoms with Gasteiger partial charge in [0, 0.05) is 12.5 Å². The number of rotatable bonds is 3. The quantitative estimate of drug-likeness (QED) is 0.884. The Morgan fingerprint density at radius 3 is 2.88 bits per heavy atom. The van der Waals surface area contributed by atoms with Crippen LogP contribution >= 0.6 is 12.4 Å². The Bertz CT molecular complexity index is 316. The van der Waals surface area contributed by atoms with Gasteiger partial charge in [-0.3, -0.25) is 0 Å². The minimum absolute atomic E-state index is 0. The lowest BCUT2D eigenvalue weighted by Gasteiger charge is -2.22. The minimum atomic E-state index is -0.277. The third-order valence-electron chi connectivity index (χ3n) is 2.71. The summed E-state index contributed by atoms with van der Waals surface area (Å²) >= 11 is 0. The smallest absolute Gasteiger partial charge is 0.165 e. The van der Waals surface area contributed by atoms with Crippen molar-refractivity contribution in [2.75, 3.05) is 19.7 Å². The molecule has 90 valence electrons. The zero-order chi connectivity index (χ0) is 10.5. The second-order valence-electron chi connectivity index (χ2n) is 3.95. The van der Waals surface area contributed by atoms with E-state index in [4.69, 9.17) is 4.74 Å². The second kappa shape index (κ2) is 6.71. The molecular weight excluding hydrogens is 229 g/mol. The van der Waals surface area contributed by atoms with Crippen molar-refractivity contribution >= 4 is 12.4 Å². The third kappa shape index (κ3) is 3.65. The molecule has 0 spiro atoms. The van der Waals surface area contributed by atoms with Crippen LogP contribution in [-0.2, 0) is 0 Å². The maximum absolute atomic E-state index is 13.2. The number of halogens is 2. The van der Waals surface area contributed by atoms with E-state index in [9.17, 15) is 4.39 Å². The van der Waals surface area contributed by atoms with E-state index in [0.717, 1.165) is 13.1 Å². The Hall–Kier alpha value is -0.800. The van der Waals surface area contributed by atoms with Crippen LogP contribution in [0.15, 0.2) is 24.3 Å². The Balaban J connectivity index is 0.00000128. The number of hydrogen-bond donors (Lipinski definition) is 1. The van der Waals surface area contributed by atoms with Crippen LogP contribution in [0.3, 0.4) is 0 Å². The van der Waals surface area contributed by atoms with Gasteiger partial charge in [-0.15, -0.1) is 12.4 Å². The molecule has 0 bridgehead atoms. The molecule has 2 rings (SSSR count). The lowest BCUT2D eigenvalue weighted by molar-refractivity contribution is 0.211. The summed E-state index contributed by atoms with van der Waals surface area (Å²) in [5.74, 6) is 0.600. The molecule has 4 heteroatoms. The lowest BCUT2D eigenvalue weighted by Crippen LogP contribution is -2.33. The molecule has 0 amide bonds. The highest BCUT2D eigenvalue weighted by Gasteiger charge is 2.14. The molecule has 1 aliphatic heterocycles. The summed E-state index contributed by atoms with van der Waals surface area (Å²) in [7, 11) is 0. The number of hydrogen-bond acceptors (Lipinski definition) is 2. The standard InChI is InChI=1S/C12H16FNO.ClH/c13-11-5-1-2-6-12(11)15-9-10-4-3-7-14-8-10;/h1-2,5-6,10,14H,3-4,7-9H2;1H. The highest BCUT2D eigenvalue weighted by molar-refractivity contribution is 5.85. The Morgan fingerprint density at radius 1 is 1.38 bits per heavy atom. The number of para-hydroxylation sites is 1. The summed E-state index contributed by atoms with van der Waals surface area (Å²) in [4.78, 5) is 0. The number of nitrogens with one attached hydrogen (secondary N) is 1. The molecule has 1 saturated heterocycles. The molecule has 1 aromatic rings. The van der Waals surface area contributed by atoms with Gasteiger partial charge in [0.05, 0.1) is 6.61 Å². The van der Waals surface area contributed by atoms with Crippen molar-refractivity contribution in [3.8, 4) is 5.75 Å². The summed E-state index contributed by atoms with van der Waals surface area (Å²) in [6, 6.07) is 6.56. The Morgan fingerprint density at radius 2 is 2.19 bits per heavy atom. The average Bonchev–Trinajstić information content (AvgIpc) is 2.29. The topological polar surface area (TPSA) is 21.3 Å². The molecule has 1 aromatic carbocycles. The molecule has 0 aliphatic carbocycles. The van der Waals surface area contributed by atoms with E-state index in [0.29, 0.717) is 18.3 Å². The summed E-state index contributed by atoms with van der Waals surface area (Å²) < 4.78 is 18.7. The van der Waals surface area contributed by atoms with Crippen LogP contribution < -0.4 is 10.1 Å². The molecule has 1 heterocycles. The molecule has 1 aliphatic rings. The molecule has 1 N–H and O–H groups in total. The van der Waals surface area contributed by atoms with Crippen LogP contribution in [-0.4, -0.2) is 19.7 Å². The fraction of sp³-hybridized carbons (Fsp3) is 0.500.